The molecule has 0 atom stereocenters. The van der Waals surface area contributed by atoms with E-state index in [1.165, 1.54) is 11.3 Å². The number of thiophene rings is 1. The van der Waals surface area contributed by atoms with Crippen LogP contribution in [0.3, 0.4) is 0 Å². The number of aromatic nitrogens is 2. The molecule has 0 unspecified atom stereocenters. The van der Waals surface area contributed by atoms with Crippen molar-refractivity contribution in [1.82, 2.24) is 14.3 Å². The van der Waals surface area contributed by atoms with E-state index in [0.29, 0.717) is 9.90 Å². The molecule has 3 heterocycles. The third-order valence-corrected chi connectivity index (χ3v) is 5.42. The Kier molecular flexibility index (Phi) is 3.09. The van der Waals surface area contributed by atoms with E-state index in [1.807, 2.05) is 30.5 Å². The highest BCUT2D eigenvalue weighted by molar-refractivity contribution is 7.91. The van der Waals surface area contributed by atoms with Crippen molar-refractivity contribution in [3.05, 3.63) is 53.7 Å². The van der Waals surface area contributed by atoms with Crippen molar-refractivity contribution in [2.24, 2.45) is 0 Å². The SMILES string of the molecule is O=S(=O)(NCc1cc2ccccn2n1)c1cccs1. The quantitative estimate of drug-likeness (QED) is 0.799. The van der Waals surface area contributed by atoms with E-state index in [4.69, 9.17) is 0 Å². The summed E-state index contributed by atoms with van der Waals surface area (Å²) >= 11 is 1.19. The topological polar surface area (TPSA) is 63.5 Å². The maximum atomic E-state index is 11.9. The molecule has 3 aromatic rings. The van der Waals surface area contributed by atoms with Gasteiger partial charge in [-0.3, -0.25) is 0 Å². The van der Waals surface area contributed by atoms with E-state index < -0.39 is 10.0 Å². The monoisotopic (exact) mass is 293 g/mol. The van der Waals surface area contributed by atoms with E-state index in [2.05, 4.69) is 9.82 Å². The van der Waals surface area contributed by atoms with Gasteiger partial charge in [0, 0.05) is 6.20 Å². The van der Waals surface area contributed by atoms with Gasteiger partial charge >= 0.3 is 0 Å². The number of fused-ring (bicyclic) bond motifs is 1. The number of nitrogens with zero attached hydrogens (tertiary/aromatic N) is 2. The second-order valence-corrected chi connectivity index (χ2v) is 6.90. The molecular formula is C12H11N3O2S2. The van der Waals surface area contributed by atoms with Crippen LogP contribution in [0.5, 0.6) is 0 Å². The third-order valence-electron chi connectivity index (χ3n) is 2.62. The minimum Gasteiger partial charge on any atom is -0.241 e. The van der Waals surface area contributed by atoms with Gasteiger partial charge < -0.3 is 0 Å². The summed E-state index contributed by atoms with van der Waals surface area (Å²) in [6.45, 7) is 0.182. The molecule has 0 saturated heterocycles. The Morgan fingerprint density at radius 2 is 2.16 bits per heavy atom. The van der Waals surface area contributed by atoms with Gasteiger partial charge in [-0.1, -0.05) is 12.1 Å². The van der Waals surface area contributed by atoms with Gasteiger partial charge in [-0.15, -0.1) is 11.3 Å². The lowest BCUT2D eigenvalue weighted by Gasteiger charge is -2.01. The zero-order valence-corrected chi connectivity index (χ0v) is 11.5. The molecule has 7 heteroatoms. The number of rotatable bonds is 4. The number of sulfonamides is 1. The highest BCUT2D eigenvalue weighted by Crippen LogP contribution is 2.15. The Hall–Kier alpha value is -1.70. The van der Waals surface area contributed by atoms with E-state index >= 15 is 0 Å². The van der Waals surface area contributed by atoms with Crippen molar-refractivity contribution in [1.29, 1.82) is 0 Å². The van der Waals surface area contributed by atoms with Crippen LogP contribution in [0.15, 0.2) is 52.2 Å². The maximum absolute atomic E-state index is 11.9. The molecule has 3 rings (SSSR count). The lowest BCUT2D eigenvalue weighted by molar-refractivity contribution is 0.582. The molecule has 0 aliphatic rings. The second kappa shape index (κ2) is 4.76. The molecule has 0 fully saturated rings. The summed E-state index contributed by atoms with van der Waals surface area (Å²) in [7, 11) is -3.43. The molecule has 98 valence electrons. The summed E-state index contributed by atoms with van der Waals surface area (Å²) in [4.78, 5) is 0. The average Bonchev–Trinajstić information content (AvgIpc) is 3.05. The largest absolute Gasteiger partial charge is 0.250 e. The van der Waals surface area contributed by atoms with Crippen molar-refractivity contribution < 1.29 is 8.42 Å². The lowest BCUT2D eigenvalue weighted by atomic mass is 10.3. The highest BCUT2D eigenvalue weighted by Gasteiger charge is 2.15. The zero-order valence-electron chi connectivity index (χ0n) is 9.85. The van der Waals surface area contributed by atoms with Crippen LogP contribution in [0, 0.1) is 0 Å². The van der Waals surface area contributed by atoms with Crippen LogP contribution >= 0.6 is 11.3 Å². The van der Waals surface area contributed by atoms with Crippen molar-refractivity contribution in [2.75, 3.05) is 0 Å². The fourth-order valence-electron chi connectivity index (χ4n) is 1.73. The first kappa shape index (κ1) is 12.3. The Balaban J connectivity index is 1.79. The first-order chi connectivity index (χ1) is 9.15. The van der Waals surface area contributed by atoms with Gasteiger partial charge in [-0.25, -0.2) is 17.7 Å². The summed E-state index contributed by atoms with van der Waals surface area (Å²) < 4.78 is 28.5. The zero-order chi connectivity index (χ0) is 13.3. The molecular weight excluding hydrogens is 282 g/mol. The number of hydrogen-bond donors (Lipinski definition) is 1. The van der Waals surface area contributed by atoms with Crippen LogP contribution < -0.4 is 4.72 Å². The van der Waals surface area contributed by atoms with Gasteiger partial charge in [0.25, 0.3) is 0 Å². The van der Waals surface area contributed by atoms with E-state index in [1.54, 1.807) is 22.0 Å². The standard InChI is InChI=1S/C12H11N3O2S2/c16-19(17,12-5-3-7-18-12)13-9-10-8-11-4-1-2-6-15(11)14-10/h1-8,13H,9H2. The van der Waals surface area contributed by atoms with Crippen molar-refractivity contribution >= 4 is 26.9 Å². The van der Waals surface area contributed by atoms with Crippen LogP contribution in [0.1, 0.15) is 5.69 Å². The minimum atomic E-state index is -3.43. The molecule has 0 radical (unpaired) electrons. The number of hydrogen-bond acceptors (Lipinski definition) is 4. The first-order valence-corrected chi connectivity index (χ1v) is 7.98. The molecule has 1 N–H and O–H groups in total. The van der Waals surface area contributed by atoms with Gasteiger partial charge in [0.05, 0.1) is 17.8 Å². The van der Waals surface area contributed by atoms with Crippen LogP contribution in [-0.4, -0.2) is 18.0 Å². The van der Waals surface area contributed by atoms with Gasteiger partial charge in [-0.2, -0.15) is 5.10 Å². The van der Waals surface area contributed by atoms with Crippen LogP contribution in [0.2, 0.25) is 0 Å². The Morgan fingerprint density at radius 1 is 1.26 bits per heavy atom. The summed E-state index contributed by atoms with van der Waals surface area (Å²) in [5, 5.41) is 6.03. The lowest BCUT2D eigenvalue weighted by Crippen LogP contribution is -2.22. The number of pyridine rings is 1. The van der Waals surface area contributed by atoms with Gasteiger partial charge in [0.2, 0.25) is 10.0 Å². The van der Waals surface area contributed by atoms with E-state index in [-0.39, 0.29) is 6.54 Å². The minimum absolute atomic E-state index is 0.182. The molecule has 3 aromatic heterocycles. The molecule has 0 aliphatic heterocycles. The third kappa shape index (κ3) is 2.53. The summed E-state index contributed by atoms with van der Waals surface area (Å²) in [5.74, 6) is 0. The Morgan fingerprint density at radius 3 is 2.89 bits per heavy atom. The van der Waals surface area contributed by atoms with Gasteiger partial charge in [0.15, 0.2) is 0 Å². The molecule has 0 aliphatic carbocycles. The Labute approximate surface area is 114 Å². The normalized spacial score (nSPS) is 12.0. The van der Waals surface area contributed by atoms with E-state index in [9.17, 15) is 8.42 Å². The van der Waals surface area contributed by atoms with Crippen molar-refractivity contribution in [3.63, 3.8) is 0 Å². The second-order valence-electron chi connectivity index (χ2n) is 3.96. The van der Waals surface area contributed by atoms with Crippen LogP contribution in [0.25, 0.3) is 5.52 Å². The van der Waals surface area contributed by atoms with E-state index in [0.717, 1.165) is 5.52 Å². The fraction of sp³-hybridized carbons (Fsp3) is 0.0833. The summed E-state index contributed by atoms with van der Waals surface area (Å²) in [5.41, 5.74) is 1.62. The Bertz CT molecular complexity index is 758. The molecule has 0 aromatic carbocycles. The van der Waals surface area contributed by atoms with Crippen LogP contribution in [-0.2, 0) is 16.6 Å². The predicted molar refractivity (Wildman–Crippen MR) is 73.5 cm³/mol. The fourth-order valence-corrected chi connectivity index (χ4v) is 3.77. The molecule has 0 spiro atoms. The molecule has 0 saturated carbocycles. The predicted octanol–water partition coefficient (Wildman–Crippen LogP) is 1.87. The van der Waals surface area contributed by atoms with Crippen LogP contribution in [0.4, 0.5) is 0 Å². The first-order valence-electron chi connectivity index (χ1n) is 5.62. The maximum Gasteiger partial charge on any atom is 0.250 e. The number of nitrogens with one attached hydrogen (secondary N) is 1. The molecule has 0 amide bonds. The smallest absolute Gasteiger partial charge is 0.241 e. The van der Waals surface area contributed by atoms with Crippen molar-refractivity contribution in [2.45, 2.75) is 10.8 Å². The van der Waals surface area contributed by atoms with Gasteiger partial charge in [0.1, 0.15) is 4.21 Å². The van der Waals surface area contributed by atoms with Crippen molar-refractivity contribution in [3.8, 4) is 0 Å². The van der Waals surface area contributed by atoms with Gasteiger partial charge in [-0.05, 0) is 29.6 Å². The average molecular weight is 293 g/mol. The summed E-state index contributed by atoms with van der Waals surface area (Å²) in [6.07, 6.45) is 1.83. The molecule has 19 heavy (non-hydrogen) atoms. The summed E-state index contributed by atoms with van der Waals surface area (Å²) in [6, 6.07) is 10.9. The molecule has 5 nitrogen and oxygen atoms in total. The highest BCUT2D eigenvalue weighted by atomic mass is 32.2. The molecule has 0 bridgehead atoms.